The van der Waals surface area contributed by atoms with Crippen LogP contribution in [0.5, 0.6) is 0 Å². The molecule has 5 heteroatoms. The molecule has 1 saturated heterocycles. The number of terminal acetylenes is 1. The van der Waals surface area contributed by atoms with Crippen LogP contribution in [0.25, 0.3) is 0 Å². The van der Waals surface area contributed by atoms with Gasteiger partial charge in [-0.1, -0.05) is 41.3 Å². The number of benzene rings is 2. The fraction of sp³-hybridized carbons (Fsp3) is 0.304. The molecular weight excluding hydrogens is 356 g/mol. The Labute approximate surface area is 164 Å². The van der Waals surface area contributed by atoms with E-state index in [9.17, 15) is 9.59 Å². The topological polar surface area (TPSA) is 61.8 Å². The van der Waals surface area contributed by atoms with E-state index in [-0.39, 0.29) is 6.61 Å². The minimum atomic E-state index is -0.607. The van der Waals surface area contributed by atoms with Crippen molar-refractivity contribution in [2.75, 3.05) is 6.61 Å². The average molecular weight is 378 g/mol. The summed E-state index contributed by atoms with van der Waals surface area (Å²) in [6.45, 7) is 3.83. The second-order valence-corrected chi connectivity index (χ2v) is 6.84. The second-order valence-electron chi connectivity index (χ2n) is 6.84. The standard InChI is InChI=1S/C23H22O5/c1-4-19-13-20(28-23(25)18-11-7-16(3)8-12-18)21(27-19)14-26-22(24)17-9-5-15(2)6-10-17/h1,5-12,19-21H,13-14H2,2-3H3/t19-,20-,21+/m0/s1. The first-order valence-corrected chi connectivity index (χ1v) is 9.09. The number of hydrogen-bond acceptors (Lipinski definition) is 5. The molecule has 5 nitrogen and oxygen atoms in total. The number of esters is 2. The summed E-state index contributed by atoms with van der Waals surface area (Å²) in [6.07, 6.45) is 4.14. The van der Waals surface area contributed by atoms with Crippen molar-refractivity contribution in [1.29, 1.82) is 0 Å². The number of aryl methyl sites for hydroxylation is 2. The van der Waals surface area contributed by atoms with Gasteiger partial charge in [0, 0.05) is 6.42 Å². The number of hydrogen-bond donors (Lipinski definition) is 0. The molecule has 1 aliphatic heterocycles. The number of carbonyl (C=O) groups is 2. The highest BCUT2D eigenvalue weighted by Crippen LogP contribution is 2.25. The third-order valence-corrected chi connectivity index (χ3v) is 4.60. The van der Waals surface area contributed by atoms with E-state index in [0.29, 0.717) is 17.5 Å². The third kappa shape index (κ3) is 4.79. The Kier molecular flexibility index (Phi) is 6.13. The van der Waals surface area contributed by atoms with Crippen LogP contribution in [0.1, 0.15) is 38.3 Å². The Morgan fingerprint density at radius 1 is 1.00 bits per heavy atom. The predicted octanol–water partition coefficient (Wildman–Crippen LogP) is 3.48. The van der Waals surface area contributed by atoms with E-state index in [2.05, 4.69) is 5.92 Å². The molecule has 1 aliphatic rings. The van der Waals surface area contributed by atoms with E-state index in [0.717, 1.165) is 11.1 Å². The lowest BCUT2D eigenvalue weighted by Crippen LogP contribution is -2.32. The summed E-state index contributed by atoms with van der Waals surface area (Å²) in [5.74, 6) is 1.60. The zero-order chi connectivity index (χ0) is 20.1. The van der Waals surface area contributed by atoms with Crippen LogP contribution in [0.15, 0.2) is 48.5 Å². The van der Waals surface area contributed by atoms with Gasteiger partial charge in [-0.3, -0.25) is 0 Å². The van der Waals surface area contributed by atoms with Crippen LogP contribution in [0.4, 0.5) is 0 Å². The molecule has 0 N–H and O–H groups in total. The van der Waals surface area contributed by atoms with Crippen molar-refractivity contribution in [2.45, 2.75) is 38.6 Å². The monoisotopic (exact) mass is 378 g/mol. The van der Waals surface area contributed by atoms with Gasteiger partial charge in [-0.05, 0) is 38.1 Å². The minimum Gasteiger partial charge on any atom is -0.459 e. The Balaban J connectivity index is 1.62. The first-order valence-electron chi connectivity index (χ1n) is 9.09. The molecule has 0 aromatic heterocycles. The smallest absolute Gasteiger partial charge is 0.338 e. The Bertz CT molecular complexity index is 877. The summed E-state index contributed by atoms with van der Waals surface area (Å²) in [4.78, 5) is 24.6. The third-order valence-electron chi connectivity index (χ3n) is 4.60. The van der Waals surface area contributed by atoms with Gasteiger partial charge in [-0.15, -0.1) is 6.42 Å². The summed E-state index contributed by atoms with van der Waals surface area (Å²) in [5, 5.41) is 0. The van der Waals surface area contributed by atoms with Crippen molar-refractivity contribution in [3.8, 4) is 12.3 Å². The number of ether oxygens (including phenoxy) is 3. The Hall–Kier alpha value is -3.10. The van der Waals surface area contributed by atoms with Crippen molar-refractivity contribution >= 4 is 11.9 Å². The zero-order valence-corrected chi connectivity index (χ0v) is 15.9. The summed E-state index contributed by atoms with van der Waals surface area (Å²) < 4.78 is 16.6. The van der Waals surface area contributed by atoms with E-state index >= 15 is 0 Å². The maximum Gasteiger partial charge on any atom is 0.338 e. The van der Waals surface area contributed by atoms with Gasteiger partial charge in [-0.2, -0.15) is 0 Å². The predicted molar refractivity (Wildman–Crippen MR) is 104 cm³/mol. The molecule has 1 fully saturated rings. The highest BCUT2D eigenvalue weighted by Gasteiger charge is 2.38. The van der Waals surface area contributed by atoms with Gasteiger partial charge < -0.3 is 14.2 Å². The molecule has 0 amide bonds. The quantitative estimate of drug-likeness (QED) is 0.589. The Morgan fingerprint density at radius 2 is 1.54 bits per heavy atom. The van der Waals surface area contributed by atoms with E-state index in [1.807, 2.05) is 38.1 Å². The van der Waals surface area contributed by atoms with E-state index in [4.69, 9.17) is 20.6 Å². The van der Waals surface area contributed by atoms with E-state index < -0.39 is 30.3 Å². The highest BCUT2D eigenvalue weighted by molar-refractivity contribution is 5.90. The molecule has 0 spiro atoms. The lowest BCUT2D eigenvalue weighted by atomic mass is 10.1. The van der Waals surface area contributed by atoms with Gasteiger partial charge in [0.05, 0.1) is 11.1 Å². The van der Waals surface area contributed by atoms with Crippen LogP contribution < -0.4 is 0 Å². The molecule has 2 aromatic rings. The van der Waals surface area contributed by atoms with Crippen molar-refractivity contribution < 1.29 is 23.8 Å². The summed E-state index contributed by atoms with van der Waals surface area (Å²) in [6, 6.07) is 14.2. The van der Waals surface area contributed by atoms with Crippen molar-refractivity contribution in [3.05, 3.63) is 70.8 Å². The normalized spacial score (nSPS) is 21.0. The van der Waals surface area contributed by atoms with Gasteiger partial charge in [0.1, 0.15) is 24.9 Å². The molecule has 1 heterocycles. The van der Waals surface area contributed by atoms with Gasteiger partial charge >= 0.3 is 11.9 Å². The SMILES string of the molecule is C#C[C@H]1C[C@H](OC(=O)c2ccc(C)cc2)[C@@H](COC(=O)c2ccc(C)cc2)O1. The van der Waals surface area contributed by atoms with Crippen LogP contribution in [0.3, 0.4) is 0 Å². The van der Waals surface area contributed by atoms with Gasteiger partial charge in [-0.25, -0.2) is 9.59 Å². The molecule has 28 heavy (non-hydrogen) atoms. The maximum absolute atomic E-state index is 12.4. The summed E-state index contributed by atoms with van der Waals surface area (Å²) >= 11 is 0. The van der Waals surface area contributed by atoms with Crippen molar-refractivity contribution in [1.82, 2.24) is 0 Å². The van der Waals surface area contributed by atoms with Crippen LogP contribution in [0.2, 0.25) is 0 Å². The largest absolute Gasteiger partial charge is 0.459 e. The van der Waals surface area contributed by atoms with Crippen LogP contribution in [0, 0.1) is 26.2 Å². The van der Waals surface area contributed by atoms with E-state index in [1.165, 1.54) is 0 Å². The minimum absolute atomic E-state index is 0.0449. The lowest BCUT2D eigenvalue weighted by molar-refractivity contribution is -0.0347. The highest BCUT2D eigenvalue weighted by atomic mass is 16.6. The van der Waals surface area contributed by atoms with Crippen LogP contribution in [-0.4, -0.2) is 36.9 Å². The maximum atomic E-state index is 12.4. The first-order chi connectivity index (χ1) is 13.5. The van der Waals surface area contributed by atoms with Crippen molar-refractivity contribution in [2.24, 2.45) is 0 Å². The summed E-state index contributed by atoms with van der Waals surface area (Å²) in [7, 11) is 0. The molecule has 0 radical (unpaired) electrons. The number of carbonyl (C=O) groups excluding carboxylic acids is 2. The lowest BCUT2D eigenvalue weighted by Gasteiger charge is -2.19. The molecule has 2 aromatic carbocycles. The fourth-order valence-electron chi connectivity index (χ4n) is 2.92. The van der Waals surface area contributed by atoms with E-state index in [1.54, 1.807) is 24.3 Å². The molecule has 0 bridgehead atoms. The second kappa shape index (κ2) is 8.73. The molecule has 0 aliphatic carbocycles. The summed E-state index contributed by atoms with van der Waals surface area (Å²) in [5.41, 5.74) is 3.00. The molecule has 0 unspecified atom stereocenters. The molecule has 3 rings (SSSR count). The van der Waals surface area contributed by atoms with Crippen LogP contribution >= 0.6 is 0 Å². The average Bonchev–Trinajstić information content (AvgIpc) is 3.09. The fourth-order valence-corrected chi connectivity index (χ4v) is 2.92. The van der Waals surface area contributed by atoms with Crippen molar-refractivity contribution in [3.63, 3.8) is 0 Å². The molecule has 3 atom stereocenters. The van der Waals surface area contributed by atoms with Gasteiger partial charge in [0.15, 0.2) is 0 Å². The Morgan fingerprint density at radius 3 is 2.07 bits per heavy atom. The molecular formula is C23H22O5. The number of rotatable bonds is 5. The van der Waals surface area contributed by atoms with Gasteiger partial charge in [0.25, 0.3) is 0 Å². The molecule has 144 valence electrons. The molecule has 0 saturated carbocycles. The first kappa shape index (κ1) is 19.7. The van der Waals surface area contributed by atoms with Crippen LogP contribution in [-0.2, 0) is 14.2 Å². The van der Waals surface area contributed by atoms with Gasteiger partial charge in [0.2, 0.25) is 0 Å². The zero-order valence-electron chi connectivity index (χ0n) is 15.9.